The zero-order valence-corrected chi connectivity index (χ0v) is 20.3. The number of nitrogens with one attached hydrogen (secondary N) is 1. The third-order valence-corrected chi connectivity index (χ3v) is 6.00. The Morgan fingerprint density at radius 2 is 1.94 bits per heavy atom. The van der Waals surface area contributed by atoms with E-state index < -0.39 is 6.10 Å². The van der Waals surface area contributed by atoms with E-state index >= 15 is 0 Å². The molecule has 2 aromatic rings. The van der Waals surface area contributed by atoms with Crippen LogP contribution in [0.3, 0.4) is 0 Å². The van der Waals surface area contributed by atoms with E-state index in [0.29, 0.717) is 37.6 Å². The van der Waals surface area contributed by atoms with Crippen LogP contribution < -0.4 is 10.1 Å². The van der Waals surface area contributed by atoms with Gasteiger partial charge in [-0.1, -0.05) is 62.7 Å². The fourth-order valence-electron chi connectivity index (χ4n) is 4.28. The van der Waals surface area contributed by atoms with Gasteiger partial charge in [0.05, 0.1) is 6.04 Å². The van der Waals surface area contributed by atoms with Gasteiger partial charge in [0.25, 0.3) is 5.91 Å². The van der Waals surface area contributed by atoms with Crippen molar-refractivity contribution in [3.05, 3.63) is 77.4 Å². The lowest BCUT2D eigenvalue weighted by Gasteiger charge is -2.38. The Morgan fingerprint density at radius 3 is 2.58 bits per heavy atom. The van der Waals surface area contributed by atoms with Crippen molar-refractivity contribution < 1.29 is 14.3 Å². The van der Waals surface area contributed by atoms with Crippen LogP contribution in [0.4, 0.5) is 0 Å². The number of aryl methyl sites for hydroxylation is 1. The van der Waals surface area contributed by atoms with E-state index in [1.807, 2.05) is 24.0 Å². The summed E-state index contributed by atoms with van der Waals surface area (Å²) in [7, 11) is 0. The van der Waals surface area contributed by atoms with Crippen molar-refractivity contribution >= 4 is 11.8 Å². The van der Waals surface area contributed by atoms with Gasteiger partial charge in [-0.2, -0.15) is 0 Å². The molecule has 1 heterocycles. The maximum atomic E-state index is 13.2. The van der Waals surface area contributed by atoms with E-state index in [2.05, 4.69) is 63.0 Å². The molecule has 0 saturated heterocycles. The van der Waals surface area contributed by atoms with Gasteiger partial charge in [0.2, 0.25) is 5.91 Å². The third kappa shape index (κ3) is 6.04. The molecule has 1 N–H and O–H groups in total. The number of carbonyl (C=O) groups is 2. The molecule has 1 aliphatic heterocycles. The van der Waals surface area contributed by atoms with Crippen LogP contribution in [0.5, 0.6) is 5.75 Å². The van der Waals surface area contributed by atoms with Crippen LogP contribution in [0, 0.1) is 12.8 Å². The van der Waals surface area contributed by atoms with Gasteiger partial charge in [-0.25, -0.2) is 0 Å². The molecule has 1 aliphatic rings. The minimum Gasteiger partial charge on any atom is -0.481 e. The quantitative estimate of drug-likeness (QED) is 0.551. The van der Waals surface area contributed by atoms with E-state index in [4.69, 9.17) is 4.74 Å². The Labute approximate surface area is 197 Å². The molecule has 2 aromatic carbocycles. The minimum absolute atomic E-state index is 0.154. The van der Waals surface area contributed by atoms with Crippen molar-refractivity contribution in [3.8, 4) is 5.75 Å². The van der Waals surface area contributed by atoms with Crippen LogP contribution in [-0.2, 0) is 16.0 Å². The van der Waals surface area contributed by atoms with Crippen molar-refractivity contribution in [1.82, 2.24) is 10.2 Å². The molecule has 0 spiro atoms. The molecular weight excluding hydrogens is 412 g/mol. The summed E-state index contributed by atoms with van der Waals surface area (Å²) in [5.41, 5.74) is 4.56. The third-order valence-electron chi connectivity index (χ3n) is 6.00. The Balaban J connectivity index is 1.97. The molecule has 3 rings (SSSR count). The summed E-state index contributed by atoms with van der Waals surface area (Å²) < 4.78 is 6.10. The van der Waals surface area contributed by atoms with Crippen LogP contribution in [0.2, 0.25) is 0 Å². The highest BCUT2D eigenvalue weighted by atomic mass is 16.5. The first-order chi connectivity index (χ1) is 15.8. The van der Waals surface area contributed by atoms with E-state index in [0.717, 1.165) is 17.5 Å². The van der Waals surface area contributed by atoms with Crippen molar-refractivity contribution in [2.75, 3.05) is 13.1 Å². The molecule has 33 heavy (non-hydrogen) atoms. The number of fused-ring (bicyclic) bond motifs is 1. The largest absolute Gasteiger partial charge is 0.481 e. The monoisotopic (exact) mass is 448 g/mol. The zero-order valence-electron chi connectivity index (χ0n) is 20.3. The number of amides is 2. The molecule has 0 radical (unpaired) electrons. The number of rotatable bonds is 9. The molecule has 2 atom stereocenters. The van der Waals surface area contributed by atoms with Crippen LogP contribution in [-0.4, -0.2) is 35.9 Å². The molecule has 5 nitrogen and oxygen atoms in total. The fraction of sp³-hybridized carbons (Fsp3) is 0.429. The summed E-state index contributed by atoms with van der Waals surface area (Å²) in [4.78, 5) is 27.7. The van der Waals surface area contributed by atoms with Crippen molar-refractivity contribution in [2.24, 2.45) is 5.92 Å². The van der Waals surface area contributed by atoms with Gasteiger partial charge in [-0.05, 0) is 54.5 Å². The van der Waals surface area contributed by atoms with Crippen LogP contribution in [0.1, 0.15) is 61.9 Å². The average molecular weight is 449 g/mol. The second-order valence-electron chi connectivity index (χ2n) is 9.16. The molecule has 0 aromatic heterocycles. The lowest BCUT2D eigenvalue weighted by molar-refractivity contribution is -0.134. The predicted octanol–water partition coefficient (Wildman–Crippen LogP) is 4.97. The van der Waals surface area contributed by atoms with Crippen LogP contribution in [0.25, 0.3) is 0 Å². The maximum Gasteiger partial charge on any atom is 0.261 e. The number of hydrogen-bond donors (Lipinski definition) is 1. The molecule has 0 fully saturated rings. The number of benzene rings is 2. The molecule has 5 heteroatoms. The normalized spacial score (nSPS) is 16.2. The van der Waals surface area contributed by atoms with Gasteiger partial charge in [0.15, 0.2) is 6.10 Å². The molecule has 2 amide bonds. The Bertz CT molecular complexity index is 981. The first kappa shape index (κ1) is 24.6. The standard InChI is InChI=1S/C28H36N2O3/c1-6-15-29-28(32)25(7-2)33-23-13-12-21-14-16-30(26(31)17-19(3)4)27(24(21)18-23)22-10-8-20(5)9-11-22/h6,8-13,18-19,25,27H,1,7,14-17H2,2-5H3,(H,29,32)/t25-,27-/m1/s1. The number of carbonyl (C=O) groups excluding carboxylic acids is 2. The first-order valence-electron chi connectivity index (χ1n) is 11.9. The smallest absolute Gasteiger partial charge is 0.261 e. The molecule has 176 valence electrons. The van der Waals surface area contributed by atoms with Gasteiger partial charge in [-0.15, -0.1) is 6.58 Å². The summed E-state index contributed by atoms with van der Waals surface area (Å²) in [5, 5.41) is 2.81. The van der Waals surface area contributed by atoms with Crippen molar-refractivity contribution in [2.45, 2.75) is 59.1 Å². The minimum atomic E-state index is -0.580. The van der Waals surface area contributed by atoms with E-state index in [-0.39, 0.29) is 17.9 Å². The summed E-state index contributed by atoms with van der Waals surface area (Å²) >= 11 is 0. The summed E-state index contributed by atoms with van der Waals surface area (Å²) in [6.07, 6.45) is 2.95. The van der Waals surface area contributed by atoms with Crippen LogP contribution in [0.15, 0.2) is 55.1 Å². The van der Waals surface area contributed by atoms with E-state index in [1.54, 1.807) is 6.08 Å². The number of ether oxygens (including phenoxy) is 1. The summed E-state index contributed by atoms with van der Waals surface area (Å²) in [6, 6.07) is 14.2. The highest BCUT2D eigenvalue weighted by Crippen LogP contribution is 2.38. The lowest BCUT2D eigenvalue weighted by Crippen LogP contribution is -2.41. The predicted molar refractivity (Wildman–Crippen MR) is 132 cm³/mol. The second-order valence-corrected chi connectivity index (χ2v) is 9.16. The fourth-order valence-corrected chi connectivity index (χ4v) is 4.28. The number of hydrogen-bond acceptors (Lipinski definition) is 3. The van der Waals surface area contributed by atoms with Gasteiger partial charge in [-0.3, -0.25) is 9.59 Å². The lowest BCUT2D eigenvalue weighted by atomic mass is 9.87. The highest BCUT2D eigenvalue weighted by Gasteiger charge is 2.32. The van der Waals surface area contributed by atoms with Gasteiger partial charge in [0, 0.05) is 19.5 Å². The SMILES string of the molecule is C=CCNC(=O)[C@@H](CC)Oc1ccc2c(c1)[C@@H](c1ccc(C)cc1)N(C(=O)CC(C)C)CC2. The van der Waals surface area contributed by atoms with Gasteiger partial charge in [0.1, 0.15) is 5.75 Å². The number of nitrogens with zero attached hydrogens (tertiary/aromatic N) is 1. The van der Waals surface area contributed by atoms with E-state index in [1.165, 1.54) is 11.1 Å². The first-order valence-corrected chi connectivity index (χ1v) is 11.9. The molecule has 0 saturated carbocycles. The van der Waals surface area contributed by atoms with Gasteiger partial charge < -0.3 is 15.0 Å². The van der Waals surface area contributed by atoms with Crippen LogP contribution >= 0.6 is 0 Å². The molecule has 0 bridgehead atoms. The zero-order chi connectivity index (χ0) is 24.0. The Kier molecular flexibility index (Phi) is 8.32. The molecular formula is C28H36N2O3. The van der Waals surface area contributed by atoms with Gasteiger partial charge >= 0.3 is 0 Å². The second kappa shape index (κ2) is 11.2. The van der Waals surface area contributed by atoms with Crippen molar-refractivity contribution in [1.29, 1.82) is 0 Å². The maximum absolute atomic E-state index is 13.2. The summed E-state index contributed by atoms with van der Waals surface area (Å²) in [5.74, 6) is 0.956. The Morgan fingerprint density at radius 1 is 1.21 bits per heavy atom. The highest BCUT2D eigenvalue weighted by molar-refractivity contribution is 5.81. The average Bonchev–Trinajstić information content (AvgIpc) is 2.80. The topological polar surface area (TPSA) is 58.6 Å². The molecule has 0 unspecified atom stereocenters. The molecule has 0 aliphatic carbocycles. The Hall–Kier alpha value is -3.08. The summed E-state index contributed by atoms with van der Waals surface area (Å²) in [6.45, 7) is 12.9. The van der Waals surface area contributed by atoms with Crippen molar-refractivity contribution in [3.63, 3.8) is 0 Å². The van der Waals surface area contributed by atoms with E-state index in [9.17, 15) is 9.59 Å².